The topological polar surface area (TPSA) is 61.2 Å². The number of sulfone groups is 1. The molecule has 0 aliphatic carbocycles. The molecule has 0 unspecified atom stereocenters. The van der Waals surface area contributed by atoms with E-state index >= 15 is 0 Å². The van der Waals surface area contributed by atoms with Gasteiger partial charge >= 0.3 is 0 Å². The van der Waals surface area contributed by atoms with Crippen LogP contribution in [0.4, 0.5) is 0 Å². The molecule has 0 spiro atoms. The van der Waals surface area contributed by atoms with Crippen LogP contribution in [0.2, 0.25) is 0 Å². The van der Waals surface area contributed by atoms with Crippen LogP contribution >= 0.6 is 0 Å². The molecule has 0 saturated carbocycles. The maximum atomic E-state index is 11.5. The van der Waals surface area contributed by atoms with Crippen molar-refractivity contribution in [1.29, 1.82) is 5.26 Å². The summed E-state index contributed by atoms with van der Waals surface area (Å²) in [7, 11) is -3.13. The van der Waals surface area contributed by atoms with Crippen molar-refractivity contribution in [3.63, 3.8) is 0 Å². The molecule has 1 aromatic carbocycles. The number of hydrogen-bond donors (Lipinski definition) is 0. The summed E-state index contributed by atoms with van der Waals surface area (Å²) in [5.74, 6) is 0. The van der Waals surface area contributed by atoms with Gasteiger partial charge in [-0.25, -0.2) is 8.42 Å². The van der Waals surface area contributed by atoms with Crippen LogP contribution in [0.1, 0.15) is 45.6 Å². The molecule has 1 heterocycles. The second-order valence-electron chi connectivity index (χ2n) is 8.06. The van der Waals surface area contributed by atoms with Crippen LogP contribution in [0.5, 0.6) is 0 Å². The second kappa shape index (κ2) is 6.85. The fourth-order valence-corrected chi connectivity index (χ4v) is 4.21. The van der Waals surface area contributed by atoms with Crippen LogP contribution in [0, 0.1) is 22.2 Å². The summed E-state index contributed by atoms with van der Waals surface area (Å²) in [5, 5.41) is 9.23. The predicted molar refractivity (Wildman–Crippen MR) is 96.2 cm³/mol. The Hall–Kier alpha value is -1.38. The van der Waals surface area contributed by atoms with Gasteiger partial charge in [-0.2, -0.15) is 5.26 Å². The maximum Gasteiger partial charge on any atom is 0.175 e. The van der Waals surface area contributed by atoms with E-state index in [2.05, 4.69) is 31.7 Å². The van der Waals surface area contributed by atoms with Gasteiger partial charge in [0.1, 0.15) is 0 Å². The van der Waals surface area contributed by atoms with Crippen molar-refractivity contribution in [2.24, 2.45) is 10.8 Å². The summed E-state index contributed by atoms with van der Waals surface area (Å²) in [6, 6.07) is 9.56. The van der Waals surface area contributed by atoms with Crippen molar-refractivity contribution in [3.05, 3.63) is 29.8 Å². The molecule has 0 aromatic heterocycles. The molecule has 1 aliphatic heterocycles. The van der Waals surface area contributed by atoms with Crippen molar-refractivity contribution in [2.75, 3.05) is 19.3 Å². The van der Waals surface area contributed by atoms with Gasteiger partial charge in [-0.05, 0) is 54.5 Å². The SMILES string of the molecule is CC(C)(C)C1(CC#N)CCN(Cc2ccc(S(C)(=O)=O)cc2)CC1. The number of nitriles is 1. The Labute approximate surface area is 146 Å². The van der Waals surface area contributed by atoms with E-state index in [1.54, 1.807) is 12.1 Å². The first-order valence-corrected chi connectivity index (χ1v) is 10.3. The lowest BCUT2D eigenvalue weighted by atomic mass is 9.60. The number of nitrogens with zero attached hydrogens (tertiary/aromatic N) is 2. The molecule has 2 rings (SSSR count). The van der Waals surface area contributed by atoms with E-state index in [9.17, 15) is 13.7 Å². The predicted octanol–water partition coefficient (Wildman–Crippen LogP) is 3.63. The summed E-state index contributed by atoms with van der Waals surface area (Å²) in [5.41, 5.74) is 1.36. The van der Waals surface area contributed by atoms with Crippen LogP contribution < -0.4 is 0 Å². The average molecular weight is 349 g/mol. The van der Waals surface area contributed by atoms with E-state index < -0.39 is 9.84 Å². The zero-order valence-electron chi connectivity index (χ0n) is 15.2. The van der Waals surface area contributed by atoms with Gasteiger partial charge < -0.3 is 0 Å². The highest BCUT2D eigenvalue weighted by molar-refractivity contribution is 7.90. The standard InChI is InChI=1S/C19H28N2O2S/c1-18(2,3)19(9-12-20)10-13-21(14-11-19)15-16-5-7-17(8-6-16)24(4,22)23/h5-8H,9-11,13-15H2,1-4H3. The van der Waals surface area contributed by atoms with E-state index in [4.69, 9.17) is 0 Å². The minimum atomic E-state index is -3.13. The largest absolute Gasteiger partial charge is 0.299 e. The zero-order valence-corrected chi connectivity index (χ0v) is 16.0. The van der Waals surface area contributed by atoms with E-state index in [0.717, 1.165) is 38.0 Å². The smallest absolute Gasteiger partial charge is 0.175 e. The Morgan fingerprint density at radius 3 is 2.12 bits per heavy atom. The average Bonchev–Trinajstić information content (AvgIpc) is 2.48. The number of piperidine rings is 1. The molecule has 132 valence electrons. The first-order chi connectivity index (χ1) is 11.1. The summed E-state index contributed by atoms with van der Waals surface area (Å²) in [4.78, 5) is 2.77. The minimum absolute atomic E-state index is 0.0956. The molecule has 1 fully saturated rings. The highest BCUT2D eigenvalue weighted by atomic mass is 32.2. The molecule has 0 bridgehead atoms. The molecular weight excluding hydrogens is 320 g/mol. The molecule has 0 atom stereocenters. The summed E-state index contributed by atoms with van der Waals surface area (Å²) in [6.45, 7) is 9.51. The lowest BCUT2D eigenvalue weighted by Crippen LogP contribution is -2.46. The third-order valence-electron chi connectivity index (χ3n) is 5.58. The van der Waals surface area contributed by atoms with Gasteiger partial charge in [0.15, 0.2) is 9.84 Å². The van der Waals surface area contributed by atoms with Crippen molar-refractivity contribution in [1.82, 2.24) is 4.90 Å². The molecule has 1 saturated heterocycles. The van der Waals surface area contributed by atoms with E-state index in [-0.39, 0.29) is 10.8 Å². The zero-order chi connectivity index (χ0) is 18.0. The summed E-state index contributed by atoms with van der Waals surface area (Å²) < 4.78 is 23.0. The molecule has 1 aliphatic rings. The highest BCUT2D eigenvalue weighted by Crippen LogP contribution is 2.49. The van der Waals surface area contributed by atoms with Gasteiger partial charge in [-0.15, -0.1) is 0 Å². The van der Waals surface area contributed by atoms with Crippen LogP contribution in [0.15, 0.2) is 29.2 Å². The first kappa shape index (κ1) is 19.0. The Bertz CT molecular complexity index is 701. The Balaban J connectivity index is 2.01. The van der Waals surface area contributed by atoms with Gasteiger partial charge in [-0.1, -0.05) is 32.9 Å². The van der Waals surface area contributed by atoms with E-state index in [1.807, 2.05) is 12.1 Å². The fourth-order valence-electron chi connectivity index (χ4n) is 3.58. The molecule has 0 amide bonds. The highest BCUT2D eigenvalue weighted by Gasteiger charge is 2.43. The third kappa shape index (κ3) is 4.17. The molecular formula is C19H28N2O2S. The van der Waals surface area contributed by atoms with Gasteiger partial charge in [0, 0.05) is 19.2 Å². The Kier molecular flexibility index (Phi) is 5.41. The normalized spacial score (nSPS) is 19.0. The quantitative estimate of drug-likeness (QED) is 0.833. The van der Waals surface area contributed by atoms with Crippen LogP contribution in [0.25, 0.3) is 0 Å². The molecule has 1 aromatic rings. The Morgan fingerprint density at radius 2 is 1.71 bits per heavy atom. The number of hydrogen-bond acceptors (Lipinski definition) is 4. The van der Waals surface area contributed by atoms with Crippen molar-refractivity contribution < 1.29 is 8.42 Å². The fraction of sp³-hybridized carbons (Fsp3) is 0.632. The Morgan fingerprint density at radius 1 is 1.17 bits per heavy atom. The number of benzene rings is 1. The van der Waals surface area contributed by atoms with Gasteiger partial charge in [0.25, 0.3) is 0 Å². The van der Waals surface area contributed by atoms with Gasteiger partial charge in [0.05, 0.1) is 11.0 Å². The molecule has 0 N–H and O–H groups in total. The summed E-state index contributed by atoms with van der Waals surface area (Å²) in [6.07, 6.45) is 3.91. The molecule has 24 heavy (non-hydrogen) atoms. The number of likely N-dealkylation sites (tertiary alicyclic amines) is 1. The maximum absolute atomic E-state index is 11.5. The monoisotopic (exact) mass is 348 g/mol. The van der Waals surface area contributed by atoms with Crippen LogP contribution in [0.3, 0.4) is 0 Å². The van der Waals surface area contributed by atoms with Crippen molar-refractivity contribution in [2.45, 2.75) is 51.5 Å². The lowest BCUT2D eigenvalue weighted by molar-refractivity contribution is 0.00711. The van der Waals surface area contributed by atoms with Crippen LogP contribution in [-0.4, -0.2) is 32.7 Å². The summed E-state index contributed by atoms with van der Waals surface area (Å²) >= 11 is 0. The lowest BCUT2D eigenvalue weighted by Gasteiger charge is -2.49. The van der Waals surface area contributed by atoms with Crippen LogP contribution in [-0.2, 0) is 16.4 Å². The second-order valence-corrected chi connectivity index (χ2v) is 10.1. The van der Waals surface area contributed by atoms with Crippen molar-refractivity contribution in [3.8, 4) is 6.07 Å². The molecule has 5 heteroatoms. The van der Waals surface area contributed by atoms with E-state index in [1.165, 1.54) is 6.26 Å². The van der Waals surface area contributed by atoms with Crippen molar-refractivity contribution >= 4 is 9.84 Å². The van der Waals surface area contributed by atoms with Gasteiger partial charge in [-0.3, -0.25) is 4.90 Å². The third-order valence-corrected chi connectivity index (χ3v) is 6.71. The first-order valence-electron chi connectivity index (χ1n) is 8.46. The number of rotatable bonds is 4. The molecule has 4 nitrogen and oxygen atoms in total. The van der Waals surface area contributed by atoms with E-state index in [0.29, 0.717) is 11.3 Å². The van der Waals surface area contributed by atoms with Gasteiger partial charge in [0.2, 0.25) is 0 Å². The minimum Gasteiger partial charge on any atom is -0.299 e. The molecule has 0 radical (unpaired) electrons.